The van der Waals surface area contributed by atoms with Crippen LogP contribution in [0.4, 0.5) is 0 Å². The van der Waals surface area contributed by atoms with E-state index in [1.165, 1.54) is 22.9 Å². The van der Waals surface area contributed by atoms with Crippen molar-refractivity contribution in [3.63, 3.8) is 0 Å². The first-order valence-corrected chi connectivity index (χ1v) is 8.23. The van der Waals surface area contributed by atoms with Gasteiger partial charge in [-0.05, 0) is 43.2 Å². The molecule has 22 heavy (non-hydrogen) atoms. The third-order valence-corrected chi connectivity index (χ3v) is 4.59. The number of carbonyl (C=O) groups is 1. The van der Waals surface area contributed by atoms with Gasteiger partial charge in [0.05, 0.1) is 6.26 Å². The van der Waals surface area contributed by atoms with E-state index in [1.54, 1.807) is 6.26 Å². The van der Waals surface area contributed by atoms with Crippen LogP contribution in [0.25, 0.3) is 11.0 Å². The predicted molar refractivity (Wildman–Crippen MR) is 91.3 cm³/mol. The van der Waals surface area contributed by atoms with Crippen LogP contribution in [0.1, 0.15) is 23.6 Å². The Morgan fingerprint density at radius 1 is 1.14 bits per heavy atom. The van der Waals surface area contributed by atoms with Gasteiger partial charge in [-0.25, -0.2) is 0 Å². The third kappa shape index (κ3) is 3.25. The van der Waals surface area contributed by atoms with Crippen LogP contribution < -0.4 is 0 Å². The number of rotatable bonds is 4. The maximum Gasteiger partial charge on any atom is 0.198 e. The second kappa shape index (κ2) is 6.41. The molecule has 0 amide bonds. The van der Waals surface area contributed by atoms with Crippen LogP contribution in [0.2, 0.25) is 0 Å². The van der Waals surface area contributed by atoms with Crippen LogP contribution in [-0.4, -0.2) is 5.12 Å². The van der Waals surface area contributed by atoms with Crippen molar-refractivity contribution in [1.82, 2.24) is 0 Å². The molecule has 0 saturated carbocycles. The lowest BCUT2D eigenvalue weighted by Gasteiger charge is -2.01. The van der Waals surface area contributed by atoms with Gasteiger partial charge in [-0.15, -0.1) is 0 Å². The Bertz CT molecular complexity index is 800. The average molecular weight is 310 g/mol. The molecule has 3 rings (SSSR count). The molecule has 0 bridgehead atoms. The minimum absolute atomic E-state index is 0.133. The predicted octanol–water partition coefficient (Wildman–Crippen LogP) is 5.17. The lowest BCUT2D eigenvalue weighted by atomic mass is 10.1. The first-order chi connectivity index (χ1) is 10.7. The normalized spacial score (nSPS) is 11.0. The summed E-state index contributed by atoms with van der Waals surface area (Å²) in [6, 6.07) is 14.2. The van der Waals surface area contributed by atoms with Crippen molar-refractivity contribution in [2.75, 3.05) is 0 Å². The van der Waals surface area contributed by atoms with Crippen molar-refractivity contribution in [3.05, 3.63) is 65.4 Å². The lowest BCUT2D eigenvalue weighted by Crippen LogP contribution is -1.96. The Balaban J connectivity index is 1.77. The van der Waals surface area contributed by atoms with Gasteiger partial charge in [0.2, 0.25) is 0 Å². The number of hydrogen-bond donors (Lipinski definition) is 0. The maximum atomic E-state index is 12.3. The van der Waals surface area contributed by atoms with E-state index in [1.807, 2.05) is 37.3 Å². The minimum atomic E-state index is 0.133. The molecule has 0 aliphatic heterocycles. The van der Waals surface area contributed by atoms with Crippen molar-refractivity contribution in [2.45, 2.75) is 31.6 Å². The van der Waals surface area contributed by atoms with E-state index in [4.69, 9.17) is 4.42 Å². The molecule has 0 unspecified atom stereocenters. The van der Waals surface area contributed by atoms with E-state index >= 15 is 0 Å². The molecule has 0 aliphatic rings. The lowest BCUT2D eigenvalue weighted by molar-refractivity contribution is -0.110. The van der Waals surface area contributed by atoms with Gasteiger partial charge in [-0.3, -0.25) is 4.79 Å². The maximum absolute atomic E-state index is 12.3. The van der Waals surface area contributed by atoms with Crippen LogP contribution >= 0.6 is 11.8 Å². The summed E-state index contributed by atoms with van der Waals surface area (Å²) in [7, 11) is 0. The molecule has 1 heterocycles. The summed E-state index contributed by atoms with van der Waals surface area (Å²) in [5, 5.41) is 1.19. The average Bonchev–Trinajstić information content (AvgIpc) is 2.91. The topological polar surface area (TPSA) is 30.2 Å². The van der Waals surface area contributed by atoms with Crippen LogP contribution in [-0.2, 0) is 17.6 Å². The van der Waals surface area contributed by atoms with E-state index in [0.29, 0.717) is 6.42 Å². The molecule has 2 nitrogen and oxygen atoms in total. The smallest absolute Gasteiger partial charge is 0.198 e. The summed E-state index contributed by atoms with van der Waals surface area (Å²) in [5.74, 6) is 0. The van der Waals surface area contributed by atoms with Gasteiger partial charge in [0.15, 0.2) is 5.12 Å². The molecule has 0 saturated heterocycles. The van der Waals surface area contributed by atoms with Crippen LogP contribution in [0.3, 0.4) is 0 Å². The molecule has 3 aromatic rings. The first kappa shape index (κ1) is 14.9. The highest BCUT2D eigenvalue weighted by atomic mass is 32.2. The van der Waals surface area contributed by atoms with Gasteiger partial charge in [-0.1, -0.05) is 42.4 Å². The molecule has 3 heteroatoms. The fourth-order valence-electron chi connectivity index (χ4n) is 2.42. The van der Waals surface area contributed by atoms with Gasteiger partial charge in [0.1, 0.15) is 5.58 Å². The molecular weight excluding hydrogens is 292 g/mol. The second-order valence-corrected chi connectivity index (χ2v) is 6.54. The fraction of sp³-hybridized carbons (Fsp3) is 0.211. The van der Waals surface area contributed by atoms with Crippen LogP contribution in [0.5, 0.6) is 0 Å². The summed E-state index contributed by atoms with van der Waals surface area (Å²) in [6.45, 7) is 4.17. The molecule has 0 fully saturated rings. The molecule has 112 valence electrons. The molecule has 1 aromatic heterocycles. The summed E-state index contributed by atoms with van der Waals surface area (Å²) < 4.78 is 5.55. The first-order valence-electron chi connectivity index (χ1n) is 7.42. The number of thioether (sulfide) groups is 1. The monoisotopic (exact) mass is 310 g/mol. The van der Waals surface area contributed by atoms with Gasteiger partial charge in [-0.2, -0.15) is 0 Å². The highest BCUT2D eigenvalue weighted by Gasteiger charge is 2.12. The van der Waals surface area contributed by atoms with E-state index in [9.17, 15) is 4.79 Å². The molecule has 0 aliphatic carbocycles. The van der Waals surface area contributed by atoms with Gasteiger partial charge < -0.3 is 4.42 Å². The summed E-state index contributed by atoms with van der Waals surface area (Å²) in [4.78, 5) is 13.3. The third-order valence-electron chi connectivity index (χ3n) is 3.71. The number of hydrogen-bond acceptors (Lipinski definition) is 3. The largest absolute Gasteiger partial charge is 0.464 e. The SMILES string of the molecule is CCc1ccc2occ(CC(=O)Sc3ccc(C)cc3)c2c1. The van der Waals surface area contributed by atoms with Crippen molar-refractivity contribution in [1.29, 1.82) is 0 Å². The number of furan rings is 1. The Hall–Kier alpha value is -2.00. The summed E-state index contributed by atoms with van der Waals surface area (Å²) in [6.07, 6.45) is 3.07. The van der Waals surface area contributed by atoms with Gasteiger partial charge in [0.25, 0.3) is 0 Å². The molecule has 0 atom stereocenters. The molecule has 0 N–H and O–H groups in total. The van der Waals surface area contributed by atoms with E-state index in [-0.39, 0.29) is 5.12 Å². The quantitative estimate of drug-likeness (QED) is 0.623. The van der Waals surface area contributed by atoms with Crippen molar-refractivity contribution >= 4 is 27.8 Å². The highest BCUT2D eigenvalue weighted by molar-refractivity contribution is 8.13. The fourth-order valence-corrected chi connectivity index (χ4v) is 3.18. The Kier molecular flexibility index (Phi) is 4.34. The van der Waals surface area contributed by atoms with E-state index in [0.717, 1.165) is 27.8 Å². The van der Waals surface area contributed by atoms with Crippen LogP contribution in [0, 0.1) is 6.92 Å². The zero-order valence-electron chi connectivity index (χ0n) is 12.8. The number of benzene rings is 2. The van der Waals surface area contributed by atoms with Gasteiger partial charge >= 0.3 is 0 Å². The van der Waals surface area contributed by atoms with Gasteiger partial charge in [0, 0.05) is 22.3 Å². The van der Waals surface area contributed by atoms with Crippen LogP contribution in [0.15, 0.2) is 58.0 Å². The van der Waals surface area contributed by atoms with Crippen molar-refractivity contribution < 1.29 is 9.21 Å². The second-order valence-electron chi connectivity index (χ2n) is 5.41. The Morgan fingerprint density at radius 3 is 2.64 bits per heavy atom. The number of carbonyl (C=O) groups excluding carboxylic acids is 1. The summed E-state index contributed by atoms with van der Waals surface area (Å²) >= 11 is 1.29. The van der Waals surface area contributed by atoms with Crippen molar-refractivity contribution in [2.24, 2.45) is 0 Å². The number of aryl methyl sites for hydroxylation is 2. The molecular formula is C19H18O2S. The van der Waals surface area contributed by atoms with E-state index in [2.05, 4.69) is 19.1 Å². The van der Waals surface area contributed by atoms with Crippen molar-refractivity contribution in [3.8, 4) is 0 Å². The minimum Gasteiger partial charge on any atom is -0.464 e. The summed E-state index contributed by atoms with van der Waals surface area (Å²) in [5.41, 5.74) is 4.27. The Morgan fingerprint density at radius 2 is 1.91 bits per heavy atom. The number of fused-ring (bicyclic) bond motifs is 1. The highest BCUT2D eigenvalue weighted by Crippen LogP contribution is 2.26. The van der Waals surface area contributed by atoms with E-state index < -0.39 is 0 Å². The standard InChI is InChI=1S/C19H18O2S/c1-3-14-6-9-18-17(10-14)15(12-21-18)11-19(20)22-16-7-4-13(2)5-8-16/h4-10,12H,3,11H2,1-2H3. The zero-order valence-corrected chi connectivity index (χ0v) is 13.6. The zero-order chi connectivity index (χ0) is 15.5. The Labute approximate surface area is 134 Å². The molecule has 2 aromatic carbocycles. The molecule has 0 radical (unpaired) electrons. The molecule has 0 spiro atoms.